The number of carbonyl (C=O) groups excluding carboxylic acids is 1. The summed E-state index contributed by atoms with van der Waals surface area (Å²) in [4.78, 5) is 25.7. The van der Waals surface area contributed by atoms with E-state index < -0.39 is 12.0 Å². The first-order valence-corrected chi connectivity index (χ1v) is 11.1. The molecule has 1 aromatic rings. The standard InChI is InChI=1S/C14H17N5O3S4/c1-3-15-13(23)16-8-10(20)19-9(12(21)22)7(4-24-11(8)19)5-25-14-18-17-6(2)26-14/h8,11H,3-5H2,1-2H3,(H,21,22)(H2,15,16,23)/t8?,11-/m0/s1. The third-order valence-corrected chi connectivity index (χ3v) is 7.41. The topological polar surface area (TPSA) is 107 Å². The maximum atomic E-state index is 12.5. The Kier molecular flexibility index (Phi) is 6.05. The van der Waals surface area contributed by atoms with Gasteiger partial charge in [-0.05, 0) is 31.6 Å². The first-order valence-electron chi connectivity index (χ1n) is 7.79. The quantitative estimate of drug-likeness (QED) is 0.344. The normalized spacial score (nSPS) is 21.9. The van der Waals surface area contributed by atoms with E-state index in [9.17, 15) is 14.7 Å². The van der Waals surface area contributed by atoms with E-state index in [1.807, 2.05) is 13.8 Å². The van der Waals surface area contributed by atoms with Gasteiger partial charge in [-0.3, -0.25) is 9.69 Å². The summed E-state index contributed by atoms with van der Waals surface area (Å²) in [6, 6.07) is -0.499. The highest BCUT2D eigenvalue weighted by Gasteiger charge is 2.53. The van der Waals surface area contributed by atoms with Gasteiger partial charge in [0.25, 0.3) is 5.91 Å². The van der Waals surface area contributed by atoms with Crippen molar-refractivity contribution in [1.29, 1.82) is 0 Å². The average molecular weight is 432 g/mol. The number of hydrogen-bond acceptors (Lipinski definition) is 8. The lowest BCUT2D eigenvalue weighted by Crippen LogP contribution is -2.71. The fraction of sp³-hybridized carbons (Fsp3) is 0.500. The average Bonchev–Trinajstić information content (AvgIpc) is 3.02. The number of rotatable bonds is 6. The zero-order valence-electron chi connectivity index (χ0n) is 14.0. The predicted molar refractivity (Wildman–Crippen MR) is 106 cm³/mol. The Hall–Kier alpha value is -1.37. The van der Waals surface area contributed by atoms with Gasteiger partial charge in [-0.25, -0.2) is 4.79 Å². The SMILES string of the molecule is CCNC(=S)NC1C(=O)N2C(C(=O)O)=C(CSc3nnc(C)s3)CS[C@@H]12. The monoisotopic (exact) mass is 431 g/mol. The molecule has 0 radical (unpaired) electrons. The number of nitrogens with one attached hydrogen (secondary N) is 2. The van der Waals surface area contributed by atoms with Crippen molar-refractivity contribution < 1.29 is 14.7 Å². The second-order valence-electron chi connectivity index (χ2n) is 5.52. The van der Waals surface area contributed by atoms with Crippen molar-refractivity contribution in [2.45, 2.75) is 29.6 Å². The molecule has 2 aliphatic rings. The van der Waals surface area contributed by atoms with Gasteiger partial charge in [0.05, 0.1) is 0 Å². The van der Waals surface area contributed by atoms with Crippen LogP contribution in [0.3, 0.4) is 0 Å². The van der Waals surface area contributed by atoms with Gasteiger partial charge < -0.3 is 15.7 Å². The van der Waals surface area contributed by atoms with Crippen LogP contribution in [0.4, 0.5) is 0 Å². The Labute approximate surface area is 168 Å². The number of thiocarbonyl (C=S) groups is 1. The van der Waals surface area contributed by atoms with Crippen LogP contribution in [0.15, 0.2) is 15.6 Å². The van der Waals surface area contributed by atoms with E-state index in [1.54, 1.807) is 11.8 Å². The highest BCUT2D eigenvalue weighted by molar-refractivity contribution is 8.01. The summed E-state index contributed by atoms with van der Waals surface area (Å²) in [6.45, 7) is 4.43. The van der Waals surface area contributed by atoms with Crippen LogP contribution in [0.2, 0.25) is 0 Å². The number of carboxylic acid groups (broad SMARTS) is 1. The molecule has 1 unspecified atom stereocenters. The molecule has 3 heterocycles. The second kappa shape index (κ2) is 8.11. The number of nitrogens with zero attached hydrogens (tertiary/aromatic N) is 3. The number of aliphatic carboxylic acids is 1. The number of carbonyl (C=O) groups is 2. The molecule has 26 heavy (non-hydrogen) atoms. The molecule has 8 nitrogen and oxygen atoms in total. The van der Waals surface area contributed by atoms with Crippen LogP contribution in [-0.4, -0.2) is 66.7 Å². The third-order valence-electron chi connectivity index (χ3n) is 3.75. The summed E-state index contributed by atoms with van der Waals surface area (Å²) in [5.41, 5.74) is 0.803. The van der Waals surface area contributed by atoms with Crippen LogP contribution in [0.25, 0.3) is 0 Å². The highest BCUT2D eigenvalue weighted by atomic mass is 32.2. The number of aromatic nitrogens is 2. The fourth-order valence-electron chi connectivity index (χ4n) is 2.63. The van der Waals surface area contributed by atoms with E-state index in [2.05, 4.69) is 20.8 Å². The second-order valence-corrected chi connectivity index (χ2v) is 9.44. The van der Waals surface area contributed by atoms with Gasteiger partial charge in [-0.1, -0.05) is 23.1 Å². The van der Waals surface area contributed by atoms with Gasteiger partial charge in [0.2, 0.25) is 0 Å². The lowest BCUT2D eigenvalue weighted by atomic mass is 10.0. The number of aryl methyl sites for hydroxylation is 1. The maximum Gasteiger partial charge on any atom is 0.352 e. The molecule has 3 N–H and O–H groups in total. The summed E-state index contributed by atoms with van der Waals surface area (Å²) < 4.78 is 0.789. The van der Waals surface area contributed by atoms with E-state index in [4.69, 9.17) is 12.2 Å². The lowest BCUT2D eigenvalue weighted by Gasteiger charge is -2.49. The Balaban J connectivity index is 1.73. The minimum Gasteiger partial charge on any atom is -0.477 e. The molecule has 0 aromatic carbocycles. The highest BCUT2D eigenvalue weighted by Crippen LogP contribution is 2.41. The van der Waals surface area contributed by atoms with Gasteiger partial charge in [-0.15, -0.1) is 22.0 Å². The largest absolute Gasteiger partial charge is 0.477 e. The van der Waals surface area contributed by atoms with Gasteiger partial charge in [0, 0.05) is 18.1 Å². The third kappa shape index (κ3) is 3.82. The van der Waals surface area contributed by atoms with Crippen molar-refractivity contribution in [1.82, 2.24) is 25.7 Å². The fourth-order valence-corrected chi connectivity index (χ4v) is 6.20. The van der Waals surface area contributed by atoms with Crippen molar-refractivity contribution in [2.75, 3.05) is 18.1 Å². The number of carboxylic acids is 1. The molecule has 140 valence electrons. The molecule has 0 bridgehead atoms. The van der Waals surface area contributed by atoms with Crippen LogP contribution in [0.5, 0.6) is 0 Å². The van der Waals surface area contributed by atoms with Crippen LogP contribution in [0, 0.1) is 6.92 Å². The van der Waals surface area contributed by atoms with E-state index in [0.717, 1.165) is 14.9 Å². The van der Waals surface area contributed by atoms with Crippen molar-refractivity contribution in [2.24, 2.45) is 0 Å². The summed E-state index contributed by atoms with van der Waals surface area (Å²) >= 11 is 9.58. The first kappa shape index (κ1) is 19.4. The Bertz CT molecular complexity index is 780. The molecule has 2 atom stereocenters. The molecule has 1 saturated heterocycles. The molecule has 12 heteroatoms. The number of amides is 1. The molecule has 0 aliphatic carbocycles. The van der Waals surface area contributed by atoms with Crippen molar-refractivity contribution in [3.8, 4) is 0 Å². The van der Waals surface area contributed by atoms with Gasteiger partial charge in [-0.2, -0.15) is 0 Å². The van der Waals surface area contributed by atoms with Crippen molar-refractivity contribution in [3.63, 3.8) is 0 Å². The van der Waals surface area contributed by atoms with E-state index in [-0.39, 0.29) is 17.0 Å². The van der Waals surface area contributed by atoms with Gasteiger partial charge in [0.15, 0.2) is 9.45 Å². The minimum absolute atomic E-state index is 0.0832. The Morgan fingerprint density at radius 2 is 2.27 bits per heavy atom. The summed E-state index contributed by atoms with van der Waals surface area (Å²) in [7, 11) is 0. The van der Waals surface area contributed by atoms with E-state index >= 15 is 0 Å². The van der Waals surface area contributed by atoms with Gasteiger partial charge >= 0.3 is 5.97 Å². The molecular weight excluding hydrogens is 414 g/mol. The van der Waals surface area contributed by atoms with Crippen molar-refractivity contribution in [3.05, 3.63) is 16.3 Å². The zero-order valence-corrected chi connectivity index (χ0v) is 17.3. The predicted octanol–water partition coefficient (Wildman–Crippen LogP) is 1.05. The van der Waals surface area contributed by atoms with Crippen LogP contribution >= 0.6 is 47.1 Å². The van der Waals surface area contributed by atoms with Gasteiger partial charge in [0.1, 0.15) is 22.1 Å². The number of fused-ring (bicyclic) bond motifs is 1. The molecule has 3 rings (SSSR count). The molecule has 1 aromatic heterocycles. The maximum absolute atomic E-state index is 12.5. The smallest absolute Gasteiger partial charge is 0.352 e. The molecule has 0 spiro atoms. The minimum atomic E-state index is -1.08. The first-order chi connectivity index (χ1) is 12.4. The molecule has 2 aliphatic heterocycles. The summed E-state index contributed by atoms with van der Waals surface area (Å²) in [5.74, 6) is -0.338. The molecule has 1 fully saturated rings. The number of β-lactam (4-membered cyclic amide) rings is 1. The lowest BCUT2D eigenvalue weighted by molar-refractivity contribution is -0.148. The zero-order chi connectivity index (χ0) is 18.8. The Morgan fingerprint density at radius 3 is 2.88 bits per heavy atom. The van der Waals surface area contributed by atoms with Crippen LogP contribution in [-0.2, 0) is 9.59 Å². The summed E-state index contributed by atoms with van der Waals surface area (Å²) in [6.07, 6.45) is 0. The molecular formula is C14H17N5O3S4. The van der Waals surface area contributed by atoms with E-state index in [1.165, 1.54) is 28.0 Å². The molecule has 0 saturated carbocycles. The van der Waals surface area contributed by atoms with Crippen molar-refractivity contribution >= 4 is 64.1 Å². The number of thioether (sulfide) groups is 2. The number of hydrogen-bond donors (Lipinski definition) is 3. The summed E-state index contributed by atoms with van der Waals surface area (Å²) in [5, 5.41) is 24.6. The van der Waals surface area contributed by atoms with Crippen LogP contribution < -0.4 is 10.6 Å². The van der Waals surface area contributed by atoms with E-state index in [0.29, 0.717) is 23.2 Å². The molecule has 1 amide bonds. The Morgan fingerprint density at radius 1 is 1.50 bits per heavy atom. The van der Waals surface area contributed by atoms with Crippen LogP contribution in [0.1, 0.15) is 11.9 Å².